The van der Waals surface area contributed by atoms with E-state index in [1.54, 1.807) is 6.92 Å². The highest BCUT2D eigenvalue weighted by Crippen LogP contribution is 2.20. The van der Waals surface area contributed by atoms with Crippen molar-refractivity contribution in [2.75, 3.05) is 13.1 Å². The molecule has 1 fully saturated rings. The second-order valence-corrected chi connectivity index (χ2v) is 6.36. The van der Waals surface area contributed by atoms with Gasteiger partial charge < -0.3 is 4.90 Å². The van der Waals surface area contributed by atoms with Gasteiger partial charge in [-0.15, -0.1) is 0 Å². The monoisotopic (exact) mass is 309 g/mol. The van der Waals surface area contributed by atoms with E-state index in [0.29, 0.717) is 5.92 Å². The first-order valence-electron chi connectivity index (χ1n) is 8.31. The Hall–Kier alpha value is -2.23. The van der Waals surface area contributed by atoms with E-state index in [0.717, 1.165) is 50.2 Å². The molecule has 0 bridgehead atoms. The standard InChI is InChI=1S/C19H23N3O/c1-15(23)22-11-5-8-17(14-22)13-19-10-9-18(20-21-19)12-16-6-3-2-4-7-16/h2-4,6-7,9-10,17H,5,8,11-14H2,1H3. The van der Waals surface area contributed by atoms with Crippen molar-refractivity contribution in [2.24, 2.45) is 5.92 Å². The number of amides is 1. The highest BCUT2D eigenvalue weighted by molar-refractivity contribution is 5.73. The van der Waals surface area contributed by atoms with E-state index < -0.39 is 0 Å². The van der Waals surface area contributed by atoms with Crippen LogP contribution in [0.3, 0.4) is 0 Å². The molecule has 4 nitrogen and oxygen atoms in total. The van der Waals surface area contributed by atoms with Gasteiger partial charge in [-0.25, -0.2) is 0 Å². The molecule has 0 saturated carbocycles. The van der Waals surface area contributed by atoms with E-state index in [9.17, 15) is 4.79 Å². The van der Waals surface area contributed by atoms with Crippen LogP contribution in [0.25, 0.3) is 0 Å². The Balaban J connectivity index is 1.58. The summed E-state index contributed by atoms with van der Waals surface area (Å²) in [6.07, 6.45) is 3.97. The summed E-state index contributed by atoms with van der Waals surface area (Å²) in [5, 5.41) is 8.75. The molecule has 1 amide bonds. The van der Waals surface area contributed by atoms with Crippen molar-refractivity contribution >= 4 is 5.91 Å². The minimum absolute atomic E-state index is 0.180. The molecule has 1 atom stereocenters. The van der Waals surface area contributed by atoms with Gasteiger partial charge in [0.25, 0.3) is 0 Å². The van der Waals surface area contributed by atoms with Crippen molar-refractivity contribution in [3.8, 4) is 0 Å². The molecule has 2 heterocycles. The fourth-order valence-electron chi connectivity index (χ4n) is 3.21. The van der Waals surface area contributed by atoms with Crippen LogP contribution in [0.2, 0.25) is 0 Å². The summed E-state index contributed by atoms with van der Waals surface area (Å²) < 4.78 is 0. The number of rotatable bonds is 4. The molecule has 0 spiro atoms. The van der Waals surface area contributed by atoms with Crippen LogP contribution < -0.4 is 0 Å². The first-order valence-corrected chi connectivity index (χ1v) is 8.31. The van der Waals surface area contributed by atoms with Crippen LogP contribution in [0.15, 0.2) is 42.5 Å². The minimum atomic E-state index is 0.180. The molecule has 3 rings (SSSR count). The largest absolute Gasteiger partial charge is 0.343 e. The number of likely N-dealkylation sites (tertiary alicyclic amines) is 1. The molecule has 2 aromatic rings. The number of benzene rings is 1. The fraction of sp³-hybridized carbons (Fsp3) is 0.421. The minimum Gasteiger partial charge on any atom is -0.343 e. The summed E-state index contributed by atoms with van der Waals surface area (Å²) in [6.45, 7) is 3.40. The third-order valence-corrected chi connectivity index (χ3v) is 4.47. The number of hydrogen-bond donors (Lipinski definition) is 0. The Kier molecular flexibility index (Phi) is 5.01. The molecular weight excluding hydrogens is 286 g/mol. The third kappa shape index (κ3) is 4.38. The zero-order valence-electron chi connectivity index (χ0n) is 13.6. The lowest BCUT2D eigenvalue weighted by atomic mass is 9.93. The maximum absolute atomic E-state index is 11.5. The Morgan fingerprint density at radius 1 is 1.13 bits per heavy atom. The fourth-order valence-corrected chi connectivity index (χ4v) is 3.21. The number of nitrogens with zero attached hydrogens (tertiary/aromatic N) is 3. The molecule has 0 aliphatic carbocycles. The second kappa shape index (κ2) is 7.36. The van der Waals surface area contributed by atoms with Gasteiger partial charge in [-0.05, 0) is 42.9 Å². The second-order valence-electron chi connectivity index (χ2n) is 6.36. The Labute approximate surface area is 137 Å². The molecule has 1 aromatic heterocycles. The van der Waals surface area contributed by atoms with Gasteiger partial charge in [0, 0.05) is 26.4 Å². The van der Waals surface area contributed by atoms with Crippen LogP contribution >= 0.6 is 0 Å². The number of piperidine rings is 1. The highest BCUT2D eigenvalue weighted by Gasteiger charge is 2.22. The summed E-state index contributed by atoms with van der Waals surface area (Å²) >= 11 is 0. The van der Waals surface area contributed by atoms with Gasteiger partial charge in [-0.1, -0.05) is 30.3 Å². The van der Waals surface area contributed by atoms with Gasteiger partial charge in [-0.2, -0.15) is 10.2 Å². The van der Waals surface area contributed by atoms with Crippen molar-refractivity contribution in [3.05, 3.63) is 59.4 Å². The van der Waals surface area contributed by atoms with Crippen molar-refractivity contribution in [2.45, 2.75) is 32.6 Å². The highest BCUT2D eigenvalue weighted by atomic mass is 16.2. The maximum atomic E-state index is 11.5. The number of carbonyl (C=O) groups excluding carboxylic acids is 1. The van der Waals surface area contributed by atoms with E-state index in [2.05, 4.69) is 34.5 Å². The van der Waals surface area contributed by atoms with Gasteiger partial charge in [0.15, 0.2) is 0 Å². The first kappa shape index (κ1) is 15.7. The van der Waals surface area contributed by atoms with E-state index in [1.165, 1.54) is 5.56 Å². The lowest BCUT2D eigenvalue weighted by Gasteiger charge is -2.31. The van der Waals surface area contributed by atoms with Crippen LogP contribution in [0, 0.1) is 5.92 Å². The number of aromatic nitrogens is 2. The summed E-state index contributed by atoms with van der Waals surface area (Å²) in [5.74, 6) is 0.681. The van der Waals surface area contributed by atoms with Gasteiger partial charge in [0.05, 0.1) is 11.4 Å². The molecule has 1 saturated heterocycles. The maximum Gasteiger partial charge on any atom is 0.219 e. The zero-order chi connectivity index (χ0) is 16.1. The van der Waals surface area contributed by atoms with Crippen molar-refractivity contribution < 1.29 is 4.79 Å². The molecule has 4 heteroatoms. The van der Waals surface area contributed by atoms with Gasteiger partial charge in [0.1, 0.15) is 0 Å². The van der Waals surface area contributed by atoms with E-state index >= 15 is 0 Å². The van der Waals surface area contributed by atoms with Crippen molar-refractivity contribution in [1.29, 1.82) is 0 Å². The SMILES string of the molecule is CC(=O)N1CCCC(Cc2ccc(Cc3ccccc3)nn2)C1. The van der Waals surface area contributed by atoms with E-state index in [4.69, 9.17) is 0 Å². The van der Waals surface area contributed by atoms with Crippen LogP contribution in [0.4, 0.5) is 0 Å². The summed E-state index contributed by atoms with van der Waals surface area (Å²) in [5.41, 5.74) is 3.27. The Morgan fingerprint density at radius 3 is 2.57 bits per heavy atom. The summed E-state index contributed by atoms with van der Waals surface area (Å²) in [4.78, 5) is 13.5. The lowest BCUT2D eigenvalue weighted by Crippen LogP contribution is -2.39. The molecule has 0 N–H and O–H groups in total. The predicted molar refractivity (Wildman–Crippen MR) is 90.0 cm³/mol. The van der Waals surface area contributed by atoms with E-state index in [1.807, 2.05) is 23.1 Å². The Bertz CT molecular complexity index is 639. The van der Waals surface area contributed by atoms with E-state index in [-0.39, 0.29) is 5.91 Å². The molecule has 1 aliphatic rings. The average Bonchev–Trinajstić information content (AvgIpc) is 2.58. The Morgan fingerprint density at radius 2 is 1.87 bits per heavy atom. The van der Waals surface area contributed by atoms with Crippen molar-refractivity contribution in [3.63, 3.8) is 0 Å². The number of hydrogen-bond acceptors (Lipinski definition) is 3. The molecule has 0 radical (unpaired) electrons. The lowest BCUT2D eigenvalue weighted by molar-refractivity contribution is -0.130. The summed E-state index contributed by atoms with van der Waals surface area (Å²) in [6, 6.07) is 14.5. The quantitative estimate of drug-likeness (QED) is 0.872. The third-order valence-electron chi connectivity index (χ3n) is 4.47. The zero-order valence-corrected chi connectivity index (χ0v) is 13.6. The number of carbonyl (C=O) groups is 1. The molecule has 1 aliphatic heterocycles. The van der Waals surface area contributed by atoms with Crippen LogP contribution in [-0.2, 0) is 17.6 Å². The molecule has 120 valence electrons. The first-order chi connectivity index (χ1) is 11.2. The van der Waals surface area contributed by atoms with Crippen LogP contribution in [-0.4, -0.2) is 34.1 Å². The molecular formula is C19H23N3O. The van der Waals surface area contributed by atoms with Crippen LogP contribution in [0.5, 0.6) is 0 Å². The average molecular weight is 309 g/mol. The molecule has 23 heavy (non-hydrogen) atoms. The van der Waals surface area contributed by atoms with Crippen LogP contribution in [0.1, 0.15) is 36.7 Å². The smallest absolute Gasteiger partial charge is 0.219 e. The normalized spacial score (nSPS) is 18.0. The van der Waals surface area contributed by atoms with Gasteiger partial charge in [0.2, 0.25) is 5.91 Å². The van der Waals surface area contributed by atoms with Gasteiger partial charge >= 0.3 is 0 Å². The summed E-state index contributed by atoms with van der Waals surface area (Å²) in [7, 11) is 0. The molecule has 1 aromatic carbocycles. The van der Waals surface area contributed by atoms with Gasteiger partial charge in [-0.3, -0.25) is 4.79 Å². The van der Waals surface area contributed by atoms with Crippen molar-refractivity contribution in [1.82, 2.24) is 15.1 Å². The molecule has 1 unspecified atom stereocenters. The predicted octanol–water partition coefficient (Wildman–Crippen LogP) is 2.87. The topological polar surface area (TPSA) is 46.1 Å².